The Morgan fingerprint density at radius 3 is 1.34 bits per heavy atom. The number of rotatable bonds is 5. The number of nitrogens with zero attached hydrogens (tertiary/aromatic N) is 3. The van der Waals surface area contributed by atoms with Crippen LogP contribution in [0.15, 0.2) is 210 Å². The Morgan fingerprint density at radius 1 is 0.304 bits per heavy atom. The van der Waals surface area contributed by atoms with E-state index in [0.717, 1.165) is 27.8 Å². The van der Waals surface area contributed by atoms with Crippen LogP contribution in [0.1, 0.15) is 22.3 Å². The molecule has 9 aromatic rings. The molecular weight excluding hydrogens is 699 g/mol. The first-order valence-corrected chi connectivity index (χ1v) is 19.8. The molecule has 8 aromatic carbocycles. The number of fused-ring (bicyclic) bond motifs is 9. The molecule has 2 aliphatic rings. The van der Waals surface area contributed by atoms with E-state index >= 15 is 0 Å². The molecule has 4 heteroatoms. The molecule has 1 spiro atoms. The smallest absolute Gasteiger partial charge is 0.164 e. The van der Waals surface area contributed by atoms with Crippen LogP contribution in [-0.2, 0) is 5.41 Å². The fourth-order valence-corrected chi connectivity index (χ4v) is 10.1. The zero-order valence-corrected chi connectivity index (χ0v) is 31.1. The lowest BCUT2D eigenvalue weighted by atomic mass is 9.67. The Kier molecular flexibility index (Phi) is 7.64. The van der Waals surface area contributed by atoms with Crippen molar-refractivity contribution >= 4 is 11.8 Å². The summed E-state index contributed by atoms with van der Waals surface area (Å²) < 4.78 is 0. The minimum atomic E-state index is -0.409. The van der Waals surface area contributed by atoms with Gasteiger partial charge in [0.05, 0.1) is 5.41 Å². The number of benzene rings is 8. The average molecular weight is 732 g/mol. The molecule has 1 aliphatic carbocycles. The topological polar surface area (TPSA) is 38.7 Å². The Labute approximate surface area is 330 Å². The SMILES string of the molecule is c1ccc(-c2nc(-c3ccccc3)nc(-c3cccc(-c4cccc(-c5cccc6c5Sc5ccccc5C65c6ccccc6-c6ccccc65)c4)c3)n2)cc1. The summed E-state index contributed by atoms with van der Waals surface area (Å²) in [6.45, 7) is 0. The summed E-state index contributed by atoms with van der Waals surface area (Å²) in [7, 11) is 0. The molecule has 0 saturated carbocycles. The van der Waals surface area contributed by atoms with E-state index in [1.807, 2.05) is 72.4 Å². The van der Waals surface area contributed by atoms with Crippen molar-refractivity contribution in [2.75, 3.05) is 0 Å². The van der Waals surface area contributed by atoms with Crippen LogP contribution in [0.2, 0.25) is 0 Å². The van der Waals surface area contributed by atoms with E-state index in [9.17, 15) is 0 Å². The van der Waals surface area contributed by atoms with Gasteiger partial charge in [0.15, 0.2) is 17.5 Å². The molecule has 0 fully saturated rings. The Hall–Kier alpha value is -6.88. The molecule has 0 radical (unpaired) electrons. The fraction of sp³-hybridized carbons (Fsp3) is 0.0192. The normalized spacial score (nSPS) is 13.1. The maximum atomic E-state index is 5.01. The molecule has 0 amide bonds. The molecule has 0 unspecified atom stereocenters. The summed E-state index contributed by atoms with van der Waals surface area (Å²) in [6.07, 6.45) is 0. The zero-order valence-electron chi connectivity index (χ0n) is 30.3. The lowest BCUT2D eigenvalue weighted by Crippen LogP contribution is -2.32. The predicted octanol–water partition coefficient (Wildman–Crippen LogP) is 13.0. The van der Waals surface area contributed by atoms with Crippen LogP contribution in [0, 0.1) is 0 Å². The first-order chi connectivity index (χ1) is 27.8. The Bertz CT molecular complexity index is 2850. The number of hydrogen-bond donors (Lipinski definition) is 0. The Balaban J connectivity index is 1.04. The molecule has 3 nitrogen and oxygen atoms in total. The molecule has 0 N–H and O–H groups in total. The monoisotopic (exact) mass is 731 g/mol. The lowest BCUT2D eigenvalue weighted by molar-refractivity contribution is 0.723. The van der Waals surface area contributed by atoms with Crippen molar-refractivity contribution in [3.63, 3.8) is 0 Å². The molecular formula is C52H33N3S. The molecule has 0 saturated heterocycles. The molecule has 2 heterocycles. The van der Waals surface area contributed by atoms with Crippen molar-refractivity contribution in [2.24, 2.45) is 0 Å². The van der Waals surface area contributed by atoms with Gasteiger partial charge < -0.3 is 0 Å². The predicted molar refractivity (Wildman–Crippen MR) is 228 cm³/mol. The molecule has 56 heavy (non-hydrogen) atoms. The highest BCUT2D eigenvalue weighted by Crippen LogP contribution is 2.63. The van der Waals surface area contributed by atoms with Gasteiger partial charge in [-0.05, 0) is 73.8 Å². The molecule has 0 bridgehead atoms. The van der Waals surface area contributed by atoms with Gasteiger partial charge in [0.25, 0.3) is 0 Å². The minimum Gasteiger partial charge on any atom is -0.208 e. The standard InChI is InChI=1S/C52H33N3S/c1-3-16-34(17-4-1)49-53-50(35-18-5-2-6-19-35)55-51(54-49)39-23-14-21-37(33-39)36-20-13-22-38(32-36)40-26-15-30-46-48(40)56-47-31-12-11-29-45(47)52(46)43-27-9-7-24-41(43)42-25-8-10-28-44(42)52/h1-33H. The van der Waals surface area contributed by atoms with Crippen LogP contribution in [0.4, 0.5) is 0 Å². The van der Waals surface area contributed by atoms with E-state index in [0.29, 0.717) is 17.5 Å². The van der Waals surface area contributed by atoms with Crippen molar-refractivity contribution in [2.45, 2.75) is 15.2 Å². The molecule has 1 aromatic heterocycles. The molecule has 11 rings (SSSR count). The third kappa shape index (κ3) is 5.10. The van der Waals surface area contributed by atoms with Gasteiger partial charge in [-0.2, -0.15) is 0 Å². The average Bonchev–Trinajstić information content (AvgIpc) is 3.57. The highest BCUT2D eigenvalue weighted by molar-refractivity contribution is 7.99. The van der Waals surface area contributed by atoms with Gasteiger partial charge in [-0.25, -0.2) is 15.0 Å². The van der Waals surface area contributed by atoms with Crippen molar-refractivity contribution in [1.82, 2.24) is 15.0 Å². The summed E-state index contributed by atoms with van der Waals surface area (Å²) in [5.74, 6) is 1.95. The summed E-state index contributed by atoms with van der Waals surface area (Å²) in [6, 6.07) is 71.6. The summed E-state index contributed by atoms with van der Waals surface area (Å²) in [4.78, 5) is 17.5. The van der Waals surface area contributed by atoms with E-state index < -0.39 is 5.41 Å². The van der Waals surface area contributed by atoms with Crippen LogP contribution in [0.5, 0.6) is 0 Å². The summed E-state index contributed by atoms with van der Waals surface area (Å²) in [5, 5.41) is 0. The van der Waals surface area contributed by atoms with Crippen molar-refractivity contribution in [3.8, 4) is 67.5 Å². The third-order valence-electron chi connectivity index (χ3n) is 11.2. The molecule has 262 valence electrons. The first-order valence-electron chi connectivity index (χ1n) is 18.9. The van der Waals surface area contributed by atoms with Gasteiger partial charge in [-0.3, -0.25) is 0 Å². The molecule has 1 aliphatic heterocycles. The van der Waals surface area contributed by atoms with Crippen molar-refractivity contribution < 1.29 is 0 Å². The van der Waals surface area contributed by atoms with Gasteiger partial charge in [0.1, 0.15) is 0 Å². The lowest BCUT2D eigenvalue weighted by Gasteiger charge is -2.40. The highest BCUT2D eigenvalue weighted by Gasteiger charge is 2.50. The van der Waals surface area contributed by atoms with Crippen molar-refractivity contribution in [3.05, 3.63) is 222 Å². The van der Waals surface area contributed by atoms with E-state index in [-0.39, 0.29) is 0 Å². The van der Waals surface area contributed by atoms with E-state index in [2.05, 4.69) is 140 Å². The Morgan fingerprint density at radius 2 is 0.714 bits per heavy atom. The van der Waals surface area contributed by atoms with Crippen LogP contribution >= 0.6 is 11.8 Å². The maximum Gasteiger partial charge on any atom is 0.164 e. The maximum absolute atomic E-state index is 5.01. The van der Waals surface area contributed by atoms with Crippen molar-refractivity contribution in [1.29, 1.82) is 0 Å². The van der Waals surface area contributed by atoms with Crippen LogP contribution in [-0.4, -0.2) is 15.0 Å². The van der Waals surface area contributed by atoms with E-state index in [4.69, 9.17) is 15.0 Å². The van der Waals surface area contributed by atoms with Gasteiger partial charge in [-0.15, -0.1) is 0 Å². The summed E-state index contributed by atoms with van der Waals surface area (Å²) in [5.41, 5.74) is 15.1. The highest BCUT2D eigenvalue weighted by atomic mass is 32.2. The zero-order chi connectivity index (χ0) is 37.1. The largest absolute Gasteiger partial charge is 0.208 e. The van der Waals surface area contributed by atoms with Gasteiger partial charge >= 0.3 is 0 Å². The van der Waals surface area contributed by atoms with E-state index in [1.165, 1.54) is 54.3 Å². The second-order valence-corrected chi connectivity index (χ2v) is 15.4. The number of aromatic nitrogens is 3. The van der Waals surface area contributed by atoms with Crippen LogP contribution in [0.3, 0.4) is 0 Å². The first kappa shape index (κ1) is 32.5. The third-order valence-corrected chi connectivity index (χ3v) is 12.4. The van der Waals surface area contributed by atoms with Gasteiger partial charge in [0, 0.05) is 26.5 Å². The molecule has 0 atom stereocenters. The second-order valence-electron chi connectivity index (χ2n) is 14.3. The fourth-order valence-electron chi connectivity index (χ4n) is 8.75. The van der Waals surface area contributed by atoms with Gasteiger partial charge in [0.2, 0.25) is 0 Å². The van der Waals surface area contributed by atoms with E-state index in [1.54, 1.807) is 0 Å². The number of hydrogen-bond acceptors (Lipinski definition) is 4. The quantitative estimate of drug-likeness (QED) is 0.177. The second kappa shape index (κ2) is 13.2. The summed E-state index contributed by atoms with van der Waals surface area (Å²) >= 11 is 1.89. The van der Waals surface area contributed by atoms with Crippen LogP contribution in [0.25, 0.3) is 67.5 Å². The van der Waals surface area contributed by atoms with Gasteiger partial charge in [-0.1, -0.05) is 194 Å². The van der Waals surface area contributed by atoms with Crippen LogP contribution < -0.4 is 0 Å². The minimum absolute atomic E-state index is 0.409.